The Balaban J connectivity index is 1.62. The minimum absolute atomic E-state index is 0.0180. The van der Waals surface area contributed by atoms with Crippen LogP contribution in [-0.2, 0) is 17.8 Å². The van der Waals surface area contributed by atoms with E-state index in [1.54, 1.807) is 0 Å². The van der Waals surface area contributed by atoms with E-state index in [2.05, 4.69) is 5.32 Å². The third-order valence-corrected chi connectivity index (χ3v) is 4.05. The van der Waals surface area contributed by atoms with Gasteiger partial charge in [0.05, 0.1) is 6.04 Å². The summed E-state index contributed by atoms with van der Waals surface area (Å²) in [5, 5.41) is 2.96. The lowest BCUT2D eigenvalue weighted by Gasteiger charge is -2.27. The molecule has 1 amide bonds. The number of carbonyl (C=O) groups is 1. The Morgan fingerprint density at radius 3 is 2.82 bits per heavy atom. The molecule has 0 spiro atoms. The van der Waals surface area contributed by atoms with Gasteiger partial charge in [-0.15, -0.1) is 0 Å². The molecule has 3 rings (SSSR count). The molecule has 2 aromatic carbocycles. The number of rotatable bonds is 3. The minimum atomic E-state index is -0.385. The predicted molar refractivity (Wildman–Crippen MR) is 86.3 cm³/mol. The second-order valence-corrected chi connectivity index (χ2v) is 5.57. The molecule has 3 N–H and O–H groups in total. The fourth-order valence-electron chi connectivity index (χ4n) is 2.93. The highest BCUT2D eigenvalue weighted by atomic mass is 16.5. The maximum atomic E-state index is 12.0. The molecule has 0 aromatic heterocycles. The zero-order valence-electron chi connectivity index (χ0n) is 12.4. The van der Waals surface area contributed by atoms with Crippen LogP contribution in [0.2, 0.25) is 0 Å². The topological polar surface area (TPSA) is 64.3 Å². The second-order valence-electron chi connectivity index (χ2n) is 5.57. The van der Waals surface area contributed by atoms with Gasteiger partial charge in [-0.25, -0.2) is 4.79 Å². The summed E-state index contributed by atoms with van der Waals surface area (Å²) >= 11 is 0. The molecular weight excluding hydrogens is 276 g/mol. The van der Waals surface area contributed by atoms with E-state index in [9.17, 15) is 4.79 Å². The lowest BCUT2D eigenvalue weighted by Crippen LogP contribution is -2.31. The fraction of sp³-hybridized carbons (Fsp3) is 0.278. The molecule has 0 aliphatic heterocycles. The highest BCUT2D eigenvalue weighted by Crippen LogP contribution is 2.32. The lowest BCUT2D eigenvalue weighted by atomic mass is 9.87. The van der Waals surface area contributed by atoms with Gasteiger partial charge in [0.25, 0.3) is 0 Å². The first-order chi connectivity index (χ1) is 10.7. The fourth-order valence-corrected chi connectivity index (χ4v) is 2.93. The summed E-state index contributed by atoms with van der Waals surface area (Å²) in [7, 11) is 0. The first-order valence-electron chi connectivity index (χ1n) is 7.58. The number of amides is 1. The Labute approximate surface area is 130 Å². The SMILES string of the molecule is Nc1cccc2c1CCC[C@H]2NC(=O)OCc1ccccc1. The Bertz CT molecular complexity index is 655. The molecule has 4 nitrogen and oxygen atoms in total. The number of ether oxygens (including phenoxy) is 1. The number of hydrogen-bond donors (Lipinski definition) is 2. The summed E-state index contributed by atoms with van der Waals surface area (Å²) < 4.78 is 5.29. The van der Waals surface area contributed by atoms with E-state index < -0.39 is 0 Å². The molecule has 0 fully saturated rings. The van der Waals surface area contributed by atoms with Crippen molar-refractivity contribution in [3.8, 4) is 0 Å². The van der Waals surface area contributed by atoms with E-state index in [4.69, 9.17) is 10.5 Å². The normalized spacial score (nSPS) is 16.6. The zero-order chi connectivity index (χ0) is 15.4. The molecular formula is C18H20N2O2. The molecule has 0 saturated heterocycles. The third kappa shape index (κ3) is 3.22. The van der Waals surface area contributed by atoms with Crippen molar-refractivity contribution >= 4 is 11.8 Å². The molecule has 0 bridgehead atoms. The Kier molecular flexibility index (Phi) is 4.28. The van der Waals surface area contributed by atoms with Gasteiger partial charge in [-0.2, -0.15) is 0 Å². The smallest absolute Gasteiger partial charge is 0.407 e. The van der Waals surface area contributed by atoms with Crippen molar-refractivity contribution in [1.29, 1.82) is 0 Å². The van der Waals surface area contributed by atoms with E-state index in [1.165, 1.54) is 0 Å². The van der Waals surface area contributed by atoms with Gasteiger partial charge < -0.3 is 15.8 Å². The number of carbonyl (C=O) groups excluding carboxylic acids is 1. The maximum Gasteiger partial charge on any atom is 0.407 e. The number of nitrogens with two attached hydrogens (primary N) is 1. The van der Waals surface area contributed by atoms with Crippen LogP contribution >= 0.6 is 0 Å². The Hall–Kier alpha value is -2.49. The summed E-state index contributed by atoms with van der Waals surface area (Å²) in [6.07, 6.45) is 2.52. The molecule has 22 heavy (non-hydrogen) atoms. The second kappa shape index (κ2) is 6.52. The number of nitrogen functional groups attached to an aromatic ring is 1. The quantitative estimate of drug-likeness (QED) is 0.851. The van der Waals surface area contributed by atoms with Crippen molar-refractivity contribution in [2.45, 2.75) is 31.9 Å². The molecule has 1 atom stereocenters. The van der Waals surface area contributed by atoms with Gasteiger partial charge in [-0.05, 0) is 42.0 Å². The van der Waals surface area contributed by atoms with Crippen LogP contribution in [0.3, 0.4) is 0 Å². The van der Waals surface area contributed by atoms with Crippen molar-refractivity contribution in [1.82, 2.24) is 5.32 Å². The van der Waals surface area contributed by atoms with Crippen LogP contribution < -0.4 is 11.1 Å². The first kappa shape index (κ1) is 14.4. The minimum Gasteiger partial charge on any atom is -0.445 e. The van der Waals surface area contributed by atoms with E-state index in [1.807, 2.05) is 48.5 Å². The average molecular weight is 296 g/mol. The van der Waals surface area contributed by atoms with Crippen LogP contribution in [-0.4, -0.2) is 6.09 Å². The monoisotopic (exact) mass is 296 g/mol. The number of fused-ring (bicyclic) bond motifs is 1. The van der Waals surface area contributed by atoms with Crippen molar-refractivity contribution in [2.75, 3.05) is 5.73 Å². The number of hydrogen-bond acceptors (Lipinski definition) is 3. The third-order valence-electron chi connectivity index (χ3n) is 4.05. The van der Waals surface area contributed by atoms with Gasteiger partial charge >= 0.3 is 6.09 Å². The summed E-state index contributed by atoms with van der Waals surface area (Å²) in [5.74, 6) is 0. The summed E-state index contributed by atoms with van der Waals surface area (Å²) in [5.41, 5.74) is 10.1. The summed E-state index contributed by atoms with van der Waals surface area (Å²) in [6, 6.07) is 15.5. The molecule has 114 valence electrons. The van der Waals surface area contributed by atoms with E-state index in [-0.39, 0.29) is 18.7 Å². The number of anilines is 1. The van der Waals surface area contributed by atoms with Crippen molar-refractivity contribution in [3.05, 3.63) is 65.2 Å². The Morgan fingerprint density at radius 2 is 2.00 bits per heavy atom. The average Bonchev–Trinajstić information content (AvgIpc) is 2.55. The van der Waals surface area contributed by atoms with Crippen molar-refractivity contribution in [2.24, 2.45) is 0 Å². The molecule has 0 unspecified atom stereocenters. The first-order valence-corrected chi connectivity index (χ1v) is 7.58. The van der Waals surface area contributed by atoms with E-state index in [0.717, 1.165) is 41.6 Å². The van der Waals surface area contributed by atoms with Gasteiger partial charge in [0.2, 0.25) is 0 Å². The number of benzene rings is 2. The summed E-state index contributed by atoms with van der Waals surface area (Å²) in [6.45, 7) is 0.281. The largest absolute Gasteiger partial charge is 0.445 e. The van der Waals surface area contributed by atoms with Crippen LogP contribution in [0, 0.1) is 0 Å². The molecule has 0 heterocycles. The van der Waals surface area contributed by atoms with Crippen molar-refractivity contribution < 1.29 is 9.53 Å². The van der Waals surface area contributed by atoms with Gasteiger partial charge in [0.15, 0.2) is 0 Å². The van der Waals surface area contributed by atoms with Gasteiger partial charge in [0.1, 0.15) is 6.61 Å². The van der Waals surface area contributed by atoms with Gasteiger partial charge in [0, 0.05) is 5.69 Å². The lowest BCUT2D eigenvalue weighted by molar-refractivity contribution is 0.134. The summed E-state index contributed by atoms with van der Waals surface area (Å²) in [4.78, 5) is 12.0. The zero-order valence-corrected chi connectivity index (χ0v) is 12.4. The van der Waals surface area contributed by atoms with E-state index in [0.29, 0.717) is 0 Å². The van der Waals surface area contributed by atoms with Gasteiger partial charge in [-0.1, -0.05) is 42.5 Å². The molecule has 0 radical (unpaired) electrons. The van der Waals surface area contributed by atoms with Crippen LogP contribution in [0.15, 0.2) is 48.5 Å². The molecule has 2 aromatic rings. The van der Waals surface area contributed by atoms with E-state index >= 15 is 0 Å². The standard InChI is InChI=1S/C18H20N2O2/c19-16-10-4-9-15-14(16)8-5-11-17(15)20-18(21)22-12-13-6-2-1-3-7-13/h1-4,6-7,9-10,17H,5,8,11-12,19H2,(H,20,21)/t17-/m1/s1. The van der Waals surface area contributed by atoms with Crippen LogP contribution in [0.5, 0.6) is 0 Å². The van der Waals surface area contributed by atoms with Crippen LogP contribution in [0.1, 0.15) is 35.6 Å². The molecule has 1 aliphatic carbocycles. The number of alkyl carbamates (subject to hydrolysis) is 1. The highest BCUT2D eigenvalue weighted by molar-refractivity contribution is 5.68. The van der Waals surface area contributed by atoms with Crippen LogP contribution in [0.4, 0.5) is 10.5 Å². The van der Waals surface area contributed by atoms with Gasteiger partial charge in [-0.3, -0.25) is 0 Å². The Morgan fingerprint density at radius 1 is 1.18 bits per heavy atom. The molecule has 0 saturated carbocycles. The maximum absolute atomic E-state index is 12.0. The number of nitrogens with one attached hydrogen (secondary N) is 1. The predicted octanol–water partition coefficient (Wildman–Crippen LogP) is 3.57. The van der Waals surface area contributed by atoms with Crippen molar-refractivity contribution in [3.63, 3.8) is 0 Å². The molecule has 1 aliphatic rings. The molecule has 4 heteroatoms. The highest BCUT2D eigenvalue weighted by Gasteiger charge is 2.23. The van der Waals surface area contributed by atoms with Crippen LogP contribution in [0.25, 0.3) is 0 Å².